The number of aromatic amines is 1. The van der Waals surface area contributed by atoms with Crippen LogP contribution in [0, 0.1) is 0 Å². The zero-order valence-corrected chi connectivity index (χ0v) is 9.14. The molecule has 7 heteroatoms. The Hall–Kier alpha value is -1.08. The Kier molecular flexibility index (Phi) is 3.12. The van der Waals surface area contributed by atoms with E-state index < -0.39 is 10.2 Å². The molecule has 1 aromatic heterocycles. The number of nitrogens with zero attached hydrogens (tertiary/aromatic N) is 1. The first-order valence-electron chi connectivity index (χ1n) is 4.21. The fraction of sp³-hybridized carbons (Fsp3) is 0.571. The molecule has 1 heterocycles. The van der Waals surface area contributed by atoms with Gasteiger partial charge in [0.05, 0.1) is 0 Å². The molecule has 0 amide bonds. The molecule has 3 N–H and O–H groups in total. The summed E-state index contributed by atoms with van der Waals surface area (Å²) in [5.74, 6) is 0.582. The van der Waals surface area contributed by atoms with Crippen LogP contribution in [0.2, 0.25) is 0 Å². The maximum Gasteiger partial charge on any atom is 0.300 e. The van der Waals surface area contributed by atoms with Crippen molar-refractivity contribution in [1.82, 2.24) is 14.9 Å². The predicted molar refractivity (Wildman–Crippen MR) is 54.3 cm³/mol. The molecule has 0 saturated heterocycles. The molecule has 0 unspecified atom stereocenters. The summed E-state index contributed by atoms with van der Waals surface area (Å²) in [6, 6.07) is 1.67. The zero-order chi connectivity index (χ0) is 10.8. The van der Waals surface area contributed by atoms with Crippen molar-refractivity contribution in [1.29, 1.82) is 0 Å². The van der Waals surface area contributed by atoms with Gasteiger partial charge in [-0.2, -0.15) is 13.5 Å². The zero-order valence-electron chi connectivity index (χ0n) is 8.33. The maximum atomic E-state index is 11.1. The molecule has 14 heavy (non-hydrogen) atoms. The average Bonchev–Trinajstić information content (AvgIpc) is 2.52. The van der Waals surface area contributed by atoms with E-state index >= 15 is 0 Å². The van der Waals surface area contributed by atoms with E-state index in [1.54, 1.807) is 6.07 Å². The normalized spacial score (nSPS) is 12.0. The van der Waals surface area contributed by atoms with Gasteiger partial charge in [-0.3, -0.25) is 9.82 Å². The average molecular weight is 218 g/mol. The smallest absolute Gasteiger partial charge is 0.280 e. The van der Waals surface area contributed by atoms with E-state index in [-0.39, 0.29) is 5.92 Å². The van der Waals surface area contributed by atoms with E-state index in [1.165, 1.54) is 7.05 Å². The second-order valence-corrected chi connectivity index (χ2v) is 4.79. The third-order valence-electron chi connectivity index (χ3n) is 1.73. The summed E-state index contributed by atoms with van der Waals surface area (Å²) in [6.07, 6.45) is 0. The van der Waals surface area contributed by atoms with Crippen LogP contribution in [0.3, 0.4) is 0 Å². The lowest BCUT2D eigenvalue weighted by molar-refractivity contribution is 0.593. The third kappa shape index (κ3) is 2.71. The van der Waals surface area contributed by atoms with Gasteiger partial charge in [0.1, 0.15) is 0 Å². The molecular formula is C7H14N4O2S. The summed E-state index contributed by atoms with van der Waals surface area (Å²) in [7, 11) is -2.14. The van der Waals surface area contributed by atoms with Gasteiger partial charge < -0.3 is 0 Å². The fourth-order valence-corrected chi connectivity index (χ4v) is 1.36. The third-order valence-corrected chi connectivity index (χ3v) is 2.74. The van der Waals surface area contributed by atoms with Crippen molar-refractivity contribution in [3.63, 3.8) is 0 Å². The summed E-state index contributed by atoms with van der Waals surface area (Å²) >= 11 is 0. The summed E-state index contributed by atoms with van der Waals surface area (Å²) in [5, 5.41) is 6.56. The van der Waals surface area contributed by atoms with Crippen LogP contribution >= 0.6 is 0 Å². The van der Waals surface area contributed by atoms with Crippen molar-refractivity contribution in [3.05, 3.63) is 11.8 Å². The number of aromatic nitrogens is 2. The molecule has 0 atom stereocenters. The van der Waals surface area contributed by atoms with E-state index in [0.29, 0.717) is 5.82 Å². The highest BCUT2D eigenvalue weighted by Gasteiger charge is 2.10. The number of hydrogen-bond acceptors (Lipinski definition) is 3. The lowest BCUT2D eigenvalue weighted by Gasteiger charge is -2.01. The van der Waals surface area contributed by atoms with Crippen LogP contribution in [0.1, 0.15) is 25.5 Å². The predicted octanol–water partition coefficient (Wildman–Crippen LogP) is 0.409. The Morgan fingerprint density at radius 3 is 2.57 bits per heavy atom. The van der Waals surface area contributed by atoms with Crippen LogP contribution in [0.25, 0.3) is 0 Å². The molecule has 0 aliphatic heterocycles. The van der Waals surface area contributed by atoms with Gasteiger partial charge >= 0.3 is 0 Å². The van der Waals surface area contributed by atoms with Crippen molar-refractivity contribution in [2.45, 2.75) is 19.8 Å². The molecule has 0 radical (unpaired) electrons. The molecule has 1 rings (SSSR count). The van der Waals surface area contributed by atoms with E-state index in [0.717, 1.165) is 5.69 Å². The molecule has 6 nitrogen and oxygen atoms in total. The second kappa shape index (κ2) is 3.97. The first kappa shape index (κ1) is 11.0. The Morgan fingerprint density at radius 1 is 1.50 bits per heavy atom. The lowest BCUT2D eigenvalue weighted by atomic mass is 10.1. The summed E-state index contributed by atoms with van der Waals surface area (Å²) in [4.78, 5) is 0. The summed E-state index contributed by atoms with van der Waals surface area (Å²) in [6.45, 7) is 3.98. The van der Waals surface area contributed by atoms with E-state index in [9.17, 15) is 8.42 Å². The monoisotopic (exact) mass is 218 g/mol. The molecule has 1 aromatic rings. The van der Waals surface area contributed by atoms with Gasteiger partial charge in [-0.15, -0.1) is 0 Å². The summed E-state index contributed by atoms with van der Waals surface area (Å²) in [5.41, 5.74) is 0.888. The highest BCUT2D eigenvalue weighted by atomic mass is 32.2. The first-order valence-corrected chi connectivity index (χ1v) is 5.69. The van der Waals surface area contributed by atoms with Crippen molar-refractivity contribution in [2.24, 2.45) is 0 Å². The van der Waals surface area contributed by atoms with Gasteiger partial charge in [0.15, 0.2) is 5.82 Å². The molecule has 0 fully saturated rings. The minimum Gasteiger partial charge on any atom is -0.280 e. The molecular weight excluding hydrogens is 204 g/mol. The first-order chi connectivity index (χ1) is 6.44. The Labute approximate surface area is 83.3 Å². The molecule has 0 saturated carbocycles. The number of anilines is 1. The van der Waals surface area contributed by atoms with Gasteiger partial charge in [-0.05, 0) is 5.92 Å². The molecule has 80 valence electrons. The highest BCUT2D eigenvalue weighted by Crippen LogP contribution is 2.14. The van der Waals surface area contributed by atoms with E-state index in [4.69, 9.17) is 0 Å². The standard InChI is InChI=1S/C7H14N4O2S/c1-5(2)6-4-7(10-9-6)11-14(12,13)8-3/h4-5,8H,1-3H3,(H2,9,10,11). The van der Waals surface area contributed by atoms with Crippen LogP contribution in [0.4, 0.5) is 5.82 Å². The highest BCUT2D eigenvalue weighted by molar-refractivity contribution is 7.90. The number of H-pyrrole nitrogens is 1. The number of rotatable bonds is 4. The molecule has 0 spiro atoms. The van der Waals surface area contributed by atoms with Crippen LogP contribution in [0.5, 0.6) is 0 Å². The van der Waals surface area contributed by atoms with E-state index in [2.05, 4.69) is 19.6 Å². The SMILES string of the molecule is CNS(=O)(=O)Nc1cc(C(C)C)[nH]n1. The van der Waals surface area contributed by atoms with Crippen molar-refractivity contribution >= 4 is 16.0 Å². The number of nitrogens with one attached hydrogen (secondary N) is 3. The fourth-order valence-electron chi connectivity index (χ4n) is 0.873. The number of hydrogen-bond donors (Lipinski definition) is 3. The van der Waals surface area contributed by atoms with Gasteiger partial charge in [-0.25, -0.2) is 4.72 Å². The van der Waals surface area contributed by atoms with Crippen molar-refractivity contribution < 1.29 is 8.42 Å². The van der Waals surface area contributed by atoms with Gasteiger partial charge in [0, 0.05) is 18.8 Å². The van der Waals surface area contributed by atoms with Gasteiger partial charge in [-0.1, -0.05) is 13.8 Å². The summed E-state index contributed by atoms with van der Waals surface area (Å²) < 4.78 is 26.5. The van der Waals surface area contributed by atoms with Crippen LogP contribution in [-0.2, 0) is 10.2 Å². The van der Waals surface area contributed by atoms with Crippen LogP contribution in [0.15, 0.2) is 6.07 Å². The minimum atomic E-state index is -3.47. The molecule has 0 aliphatic carbocycles. The van der Waals surface area contributed by atoms with Crippen molar-refractivity contribution in [3.8, 4) is 0 Å². The molecule has 0 bridgehead atoms. The van der Waals surface area contributed by atoms with Crippen molar-refractivity contribution in [2.75, 3.05) is 11.8 Å². The molecule has 0 aliphatic rings. The van der Waals surface area contributed by atoms with Gasteiger partial charge in [0.25, 0.3) is 10.2 Å². The van der Waals surface area contributed by atoms with Gasteiger partial charge in [0.2, 0.25) is 0 Å². The second-order valence-electron chi connectivity index (χ2n) is 3.17. The topological polar surface area (TPSA) is 86.9 Å². The largest absolute Gasteiger partial charge is 0.300 e. The Balaban J connectivity index is 2.79. The minimum absolute atomic E-state index is 0.287. The van der Waals surface area contributed by atoms with Crippen LogP contribution < -0.4 is 9.44 Å². The quantitative estimate of drug-likeness (QED) is 0.684. The maximum absolute atomic E-state index is 11.1. The van der Waals surface area contributed by atoms with E-state index in [1.807, 2.05) is 13.8 Å². The Morgan fingerprint density at radius 2 is 2.14 bits per heavy atom. The lowest BCUT2D eigenvalue weighted by Crippen LogP contribution is -2.26. The Bertz CT molecular complexity index is 396. The van der Waals surface area contributed by atoms with Crippen LogP contribution in [-0.4, -0.2) is 25.7 Å². The molecule has 0 aromatic carbocycles.